The van der Waals surface area contributed by atoms with Gasteiger partial charge < -0.3 is 9.64 Å². The van der Waals surface area contributed by atoms with E-state index in [0.29, 0.717) is 29.7 Å². The molecule has 0 amide bonds. The second-order valence-corrected chi connectivity index (χ2v) is 7.80. The number of pyridine rings is 1. The number of rotatable bonds is 4. The standard InChI is InChI=1S/C22H21F3N6O/c1-4-16-10-27-30-12-17(9-20(21(16)30)32-15(3)22(23,24)25)19-11-28-31(14(19)2)18-5-7-29(13-26)8-6-18/h1,9-12,15,18H,5-8H2,2-3H3/t15-/m1/s1. The van der Waals surface area contributed by atoms with Crippen molar-refractivity contribution in [1.82, 2.24) is 24.3 Å². The lowest BCUT2D eigenvalue weighted by Crippen LogP contribution is -2.31. The highest BCUT2D eigenvalue weighted by Crippen LogP contribution is 2.35. The molecule has 1 atom stereocenters. The molecule has 3 aromatic rings. The minimum atomic E-state index is -4.53. The van der Waals surface area contributed by atoms with Crippen molar-refractivity contribution in [2.75, 3.05) is 13.1 Å². The fraction of sp³-hybridized carbons (Fsp3) is 0.409. The van der Waals surface area contributed by atoms with E-state index in [0.717, 1.165) is 31.0 Å². The van der Waals surface area contributed by atoms with E-state index in [1.54, 1.807) is 23.4 Å². The summed E-state index contributed by atoms with van der Waals surface area (Å²) in [5.41, 5.74) is 2.90. The average Bonchev–Trinajstić information content (AvgIpc) is 3.36. The van der Waals surface area contributed by atoms with E-state index in [9.17, 15) is 13.2 Å². The number of hydrogen-bond acceptors (Lipinski definition) is 5. The van der Waals surface area contributed by atoms with Crippen LogP contribution in [0.5, 0.6) is 5.75 Å². The average molecular weight is 442 g/mol. The largest absolute Gasteiger partial charge is 0.479 e. The van der Waals surface area contributed by atoms with Crippen LogP contribution in [0.15, 0.2) is 24.7 Å². The van der Waals surface area contributed by atoms with Gasteiger partial charge in [0, 0.05) is 36.1 Å². The lowest BCUT2D eigenvalue weighted by atomic mass is 10.0. The van der Waals surface area contributed by atoms with Crippen LogP contribution >= 0.6 is 0 Å². The molecule has 0 radical (unpaired) electrons. The molecule has 32 heavy (non-hydrogen) atoms. The molecule has 1 saturated heterocycles. The van der Waals surface area contributed by atoms with Crippen molar-refractivity contribution >= 4 is 5.52 Å². The van der Waals surface area contributed by atoms with E-state index in [4.69, 9.17) is 16.4 Å². The van der Waals surface area contributed by atoms with E-state index >= 15 is 0 Å². The first-order valence-corrected chi connectivity index (χ1v) is 10.1. The maximum absolute atomic E-state index is 13.2. The van der Waals surface area contributed by atoms with Gasteiger partial charge in [0.05, 0.1) is 24.0 Å². The maximum atomic E-state index is 13.2. The highest BCUT2D eigenvalue weighted by Gasteiger charge is 2.38. The molecule has 0 aromatic carbocycles. The molecule has 0 unspecified atom stereocenters. The van der Waals surface area contributed by atoms with Crippen molar-refractivity contribution in [3.8, 4) is 35.4 Å². The van der Waals surface area contributed by atoms with Gasteiger partial charge in [0.25, 0.3) is 0 Å². The lowest BCUT2D eigenvalue weighted by Gasteiger charge is -2.29. The number of hydrogen-bond donors (Lipinski definition) is 0. The maximum Gasteiger partial charge on any atom is 0.425 e. The van der Waals surface area contributed by atoms with Crippen LogP contribution in [0.1, 0.15) is 37.1 Å². The van der Waals surface area contributed by atoms with E-state index in [1.807, 2.05) is 11.6 Å². The number of ether oxygens (including phenoxy) is 1. The highest BCUT2D eigenvalue weighted by molar-refractivity contribution is 5.76. The van der Waals surface area contributed by atoms with Crippen molar-refractivity contribution in [1.29, 1.82) is 5.26 Å². The van der Waals surface area contributed by atoms with Crippen molar-refractivity contribution in [2.24, 2.45) is 0 Å². The van der Waals surface area contributed by atoms with Gasteiger partial charge >= 0.3 is 6.18 Å². The first-order valence-electron chi connectivity index (χ1n) is 10.1. The van der Waals surface area contributed by atoms with Gasteiger partial charge in [-0.25, -0.2) is 4.52 Å². The van der Waals surface area contributed by atoms with Crippen LogP contribution in [0.3, 0.4) is 0 Å². The summed E-state index contributed by atoms with van der Waals surface area (Å²) in [5, 5.41) is 17.8. The fourth-order valence-electron chi connectivity index (χ4n) is 3.97. The summed E-state index contributed by atoms with van der Waals surface area (Å²) in [6.07, 6.45) is 7.52. The van der Waals surface area contributed by atoms with Crippen molar-refractivity contribution in [2.45, 2.75) is 45.0 Å². The Morgan fingerprint density at radius 1 is 1.25 bits per heavy atom. The van der Waals surface area contributed by atoms with Crippen LogP contribution in [-0.2, 0) is 0 Å². The molecule has 4 rings (SSSR count). The third-order valence-electron chi connectivity index (χ3n) is 5.80. The Bertz CT molecular complexity index is 1220. The zero-order valence-electron chi connectivity index (χ0n) is 17.6. The molecule has 10 heteroatoms. The first kappa shape index (κ1) is 21.6. The Balaban J connectivity index is 1.74. The summed E-state index contributed by atoms with van der Waals surface area (Å²) in [6, 6.07) is 1.70. The Kier molecular flexibility index (Phi) is 5.47. The topological polar surface area (TPSA) is 71.4 Å². The Morgan fingerprint density at radius 3 is 2.59 bits per heavy atom. The zero-order valence-corrected chi connectivity index (χ0v) is 17.6. The summed E-state index contributed by atoms with van der Waals surface area (Å²) in [5.74, 6) is 2.45. The van der Waals surface area contributed by atoms with E-state index in [2.05, 4.69) is 22.3 Å². The van der Waals surface area contributed by atoms with Crippen LogP contribution in [-0.4, -0.2) is 49.7 Å². The van der Waals surface area contributed by atoms with Crippen molar-refractivity contribution in [3.63, 3.8) is 0 Å². The summed E-state index contributed by atoms with van der Waals surface area (Å²) in [7, 11) is 0. The Labute approximate surface area is 183 Å². The second-order valence-electron chi connectivity index (χ2n) is 7.80. The molecule has 0 saturated carbocycles. The summed E-state index contributed by atoms with van der Waals surface area (Å²) in [6.45, 7) is 4.19. The predicted molar refractivity (Wildman–Crippen MR) is 111 cm³/mol. The normalized spacial score (nSPS) is 16.0. The zero-order chi connectivity index (χ0) is 23.0. The number of alkyl halides is 3. The molecular formula is C22H21F3N6O. The number of nitrogens with zero attached hydrogens (tertiary/aromatic N) is 6. The fourth-order valence-corrected chi connectivity index (χ4v) is 3.97. The third-order valence-corrected chi connectivity index (χ3v) is 5.80. The predicted octanol–water partition coefficient (Wildman–Crippen LogP) is 3.94. The third kappa shape index (κ3) is 3.84. The van der Waals surface area contributed by atoms with Gasteiger partial charge in [-0.3, -0.25) is 4.68 Å². The molecule has 1 aliphatic heterocycles. The molecule has 0 spiro atoms. The van der Waals surface area contributed by atoms with E-state index in [-0.39, 0.29) is 11.8 Å². The summed E-state index contributed by atoms with van der Waals surface area (Å²) >= 11 is 0. The van der Waals surface area contributed by atoms with Gasteiger partial charge in [0.15, 0.2) is 12.3 Å². The van der Waals surface area contributed by atoms with Crippen molar-refractivity contribution < 1.29 is 17.9 Å². The smallest absolute Gasteiger partial charge is 0.425 e. The first-order chi connectivity index (χ1) is 15.2. The second kappa shape index (κ2) is 8.12. The molecule has 0 N–H and O–H groups in total. The molecule has 0 aliphatic carbocycles. The van der Waals surface area contributed by atoms with Gasteiger partial charge in [0.1, 0.15) is 11.3 Å². The minimum Gasteiger partial charge on any atom is -0.479 e. The van der Waals surface area contributed by atoms with Crippen LogP contribution in [0.4, 0.5) is 13.2 Å². The van der Waals surface area contributed by atoms with Crippen LogP contribution < -0.4 is 4.74 Å². The minimum absolute atomic E-state index is 0.00672. The van der Waals surface area contributed by atoms with E-state index < -0.39 is 12.3 Å². The lowest BCUT2D eigenvalue weighted by molar-refractivity contribution is -0.189. The molecule has 166 valence electrons. The molecule has 3 aromatic heterocycles. The van der Waals surface area contributed by atoms with Gasteiger partial charge in [-0.2, -0.15) is 28.6 Å². The van der Waals surface area contributed by atoms with Gasteiger partial charge in [-0.15, -0.1) is 6.42 Å². The molecule has 1 fully saturated rings. The summed E-state index contributed by atoms with van der Waals surface area (Å²) in [4.78, 5) is 1.72. The van der Waals surface area contributed by atoms with Gasteiger partial charge in [-0.05, 0) is 32.8 Å². The quantitative estimate of drug-likeness (QED) is 0.452. The van der Waals surface area contributed by atoms with Crippen LogP contribution in [0.25, 0.3) is 16.6 Å². The Morgan fingerprint density at radius 2 is 1.97 bits per heavy atom. The van der Waals surface area contributed by atoms with Gasteiger partial charge in [-0.1, -0.05) is 5.92 Å². The molecular weight excluding hydrogens is 421 g/mol. The highest BCUT2D eigenvalue weighted by atomic mass is 19.4. The number of fused-ring (bicyclic) bond motifs is 1. The number of likely N-dealkylation sites (tertiary alicyclic amines) is 1. The monoisotopic (exact) mass is 442 g/mol. The van der Waals surface area contributed by atoms with Gasteiger partial charge in [0.2, 0.25) is 0 Å². The van der Waals surface area contributed by atoms with Crippen molar-refractivity contribution in [3.05, 3.63) is 35.9 Å². The number of aromatic nitrogens is 4. The SMILES string of the molecule is C#Cc1cnn2cc(-c3cnn(C4CCN(C#N)CC4)c3C)cc(O[C@H](C)C(F)(F)F)c12. The summed E-state index contributed by atoms with van der Waals surface area (Å²) < 4.78 is 48.2. The van der Waals surface area contributed by atoms with Crippen LogP contribution in [0.2, 0.25) is 0 Å². The molecule has 0 bridgehead atoms. The molecule has 1 aliphatic rings. The number of nitriles is 1. The Hall–Kier alpha value is -3.66. The van der Waals surface area contributed by atoms with E-state index in [1.165, 1.54) is 10.7 Å². The molecule has 4 heterocycles. The number of terminal acetylenes is 1. The number of halogens is 3. The van der Waals surface area contributed by atoms with Crippen LogP contribution in [0, 0.1) is 30.7 Å². The molecule has 7 nitrogen and oxygen atoms in total. The number of piperidine rings is 1.